The zero-order valence-corrected chi connectivity index (χ0v) is 16.0. The van der Waals surface area contributed by atoms with E-state index in [0.717, 1.165) is 16.7 Å². The minimum Gasteiger partial charge on any atom is -0.479 e. The Morgan fingerprint density at radius 1 is 1.08 bits per heavy atom. The van der Waals surface area contributed by atoms with Crippen LogP contribution in [0.1, 0.15) is 23.6 Å². The molecule has 0 fully saturated rings. The molecule has 0 spiro atoms. The molecule has 0 saturated heterocycles. The number of carbonyl (C=O) groups is 2. The first-order valence-corrected chi connectivity index (χ1v) is 8.60. The van der Waals surface area contributed by atoms with Gasteiger partial charge < -0.3 is 14.8 Å². The van der Waals surface area contributed by atoms with E-state index in [-0.39, 0.29) is 0 Å². The molecule has 1 N–H and O–H groups in total. The van der Waals surface area contributed by atoms with Crippen LogP contribution in [0.15, 0.2) is 36.4 Å². The topological polar surface area (TPSA) is 64.6 Å². The van der Waals surface area contributed by atoms with Crippen LogP contribution in [0, 0.1) is 20.8 Å². The maximum Gasteiger partial charge on any atom is 0.347 e. The first kappa shape index (κ1) is 19.8. The second-order valence-corrected chi connectivity index (χ2v) is 6.57. The third kappa shape index (κ3) is 5.49. The molecule has 0 bridgehead atoms. The van der Waals surface area contributed by atoms with E-state index >= 15 is 0 Å². The van der Waals surface area contributed by atoms with E-state index in [1.54, 1.807) is 25.1 Å². The fourth-order valence-electron chi connectivity index (χ4n) is 2.37. The number of anilines is 1. The quantitative estimate of drug-likeness (QED) is 0.768. The van der Waals surface area contributed by atoms with E-state index in [1.807, 2.05) is 39.0 Å². The van der Waals surface area contributed by atoms with Crippen molar-refractivity contribution in [3.63, 3.8) is 0 Å². The van der Waals surface area contributed by atoms with Crippen LogP contribution in [0.25, 0.3) is 0 Å². The highest BCUT2D eigenvalue weighted by Crippen LogP contribution is 2.27. The Hall–Kier alpha value is -2.53. The lowest BCUT2D eigenvalue weighted by molar-refractivity contribution is -0.153. The number of esters is 1. The zero-order valence-electron chi connectivity index (χ0n) is 15.3. The third-order valence-electron chi connectivity index (χ3n) is 3.71. The first-order valence-electron chi connectivity index (χ1n) is 8.23. The lowest BCUT2D eigenvalue weighted by Gasteiger charge is -2.15. The van der Waals surface area contributed by atoms with Gasteiger partial charge in [-0.05, 0) is 57.0 Å². The summed E-state index contributed by atoms with van der Waals surface area (Å²) in [6, 6.07) is 11.0. The van der Waals surface area contributed by atoms with Crippen molar-refractivity contribution < 1.29 is 19.1 Å². The summed E-state index contributed by atoms with van der Waals surface area (Å²) in [6.07, 6.45) is -0.824. The molecule has 0 radical (unpaired) electrons. The van der Waals surface area contributed by atoms with E-state index < -0.39 is 24.6 Å². The van der Waals surface area contributed by atoms with Crippen LogP contribution in [0.4, 0.5) is 5.69 Å². The van der Waals surface area contributed by atoms with Crippen LogP contribution >= 0.6 is 11.6 Å². The molecule has 6 heteroatoms. The zero-order chi connectivity index (χ0) is 19.3. The van der Waals surface area contributed by atoms with Gasteiger partial charge in [0, 0.05) is 0 Å². The van der Waals surface area contributed by atoms with Crippen molar-refractivity contribution in [1.29, 1.82) is 0 Å². The predicted octanol–water partition coefficient (Wildman–Crippen LogP) is 4.21. The predicted molar refractivity (Wildman–Crippen MR) is 102 cm³/mol. The summed E-state index contributed by atoms with van der Waals surface area (Å²) < 4.78 is 10.5. The van der Waals surface area contributed by atoms with Crippen LogP contribution < -0.4 is 10.1 Å². The molecule has 5 nitrogen and oxygen atoms in total. The monoisotopic (exact) mass is 375 g/mol. The molecule has 1 unspecified atom stereocenters. The molecule has 26 heavy (non-hydrogen) atoms. The van der Waals surface area contributed by atoms with E-state index in [1.165, 1.54) is 0 Å². The Bertz CT molecular complexity index is 779. The summed E-state index contributed by atoms with van der Waals surface area (Å²) in [5, 5.41) is 3.11. The van der Waals surface area contributed by atoms with Crippen molar-refractivity contribution in [2.45, 2.75) is 33.8 Å². The highest BCUT2D eigenvalue weighted by Gasteiger charge is 2.18. The Labute approximate surface area is 158 Å². The molecule has 0 heterocycles. The summed E-state index contributed by atoms with van der Waals surface area (Å²) in [5.74, 6) is -0.520. The molecule has 0 aliphatic rings. The molecule has 138 valence electrons. The number of aryl methyl sites for hydroxylation is 3. The molecule has 0 aromatic heterocycles. The average Bonchev–Trinajstić information content (AvgIpc) is 2.57. The van der Waals surface area contributed by atoms with Crippen LogP contribution in [0.2, 0.25) is 5.02 Å². The van der Waals surface area contributed by atoms with Gasteiger partial charge in [0.1, 0.15) is 5.75 Å². The van der Waals surface area contributed by atoms with Gasteiger partial charge in [0.25, 0.3) is 5.91 Å². The van der Waals surface area contributed by atoms with Gasteiger partial charge in [0.2, 0.25) is 0 Å². The largest absolute Gasteiger partial charge is 0.479 e. The van der Waals surface area contributed by atoms with Crippen LogP contribution in [0.3, 0.4) is 0 Å². The Morgan fingerprint density at radius 3 is 2.35 bits per heavy atom. The fourth-order valence-corrected chi connectivity index (χ4v) is 2.74. The molecule has 2 aromatic rings. The molecule has 0 aliphatic carbocycles. The maximum absolute atomic E-state index is 12.0. The number of amides is 1. The summed E-state index contributed by atoms with van der Waals surface area (Å²) in [7, 11) is 0. The maximum atomic E-state index is 12.0. The molecule has 0 saturated carbocycles. The number of nitrogens with one attached hydrogen (secondary N) is 1. The van der Waals surface area contributed by atoms with Gasteiger partial charge in [-0.25, -0.2) is 4.79 Å². The van der Waals surface area contributed by atoms with Crippen molar-refractivity contribution in [3.8, 4) is 5.75 Å². The van der Waals surface area contributed by atoms with E-state index in [4.69, 9.17) is 21.1 Å². The number of hydrogen-bond donors (Lipinski definition) is 1. The molecule has 0 aliphatic heterocycles. The van der Waals surface area contributed by atoms with Gasteiger partial charge >= 0.3 is 5.97 Å². The molecule has 2 aromatic carbocycles. The molecular weight excluding hydrogens is 354 g/mol. The number of carbonyl (C=O) groups excluding carboxylic acids is 2. The molecule has 1 amide bonds. The lowest BCUT2D eigenvalue weighted by atomic mass is 10.1. The van der Waals surface area contributed by atoms with Crippen molar-refractivity contribution >= 4 is 29.2 Å². The van der Waals surface area contributed by atoms with E-state index in [9.17, 15) is 9.59 Å². The summed E-state index contributed by atoms with van der Waals surface area (Å²) in [6.45, 7) is 6.88. The van der Waals surface area contributed by atoms with Gasteiger partial charge in [-0.1, -0.05) is 35.4 Å². The van der Waals surface area contributed by atoms with Crippen LogP contribution in [-0.2, 0) is 14.3 Å². The second-order valence-electron chi connectivity index (χ2n) is 6.17. The van der Waals surface area contributed by atoms with Gasteiger partial charge in [0.15, 0.2) is 12.7 Å². The fraction of sp³-hybridized carbons (Fsp3) is 0.300. The first-order chi connectivity index (χ1) is 12.3. The number of benzene rings is 2. The smallest absolute Gasteiger partial charge is 0.347 e. The summed E-state index contributed by atoms with van der Waals surface area (Å²) in [4.78, 5) is 24.0. The summed E-state index contributed by atoms with van der Waals surface area (Å²) in [5.41, 5.74) is 3.45. The molecule has 2 rings (SSSR count). The minimum absolute atomic E-state index is 0.413. The molecule has 1 atom stereocenters. The Kier molecular flexibility index (Phi) is 6.64. The van der Waals surface area contributed by atoms with Crippen molar-refractivity contribution in [1.82, 2.24) is 0 Å². The normalized spacial score (nSPS) is 11.6. The average molecular weight is 376 g/mol. The lowest BCUT2D eigenvalue weighted by Crippen LogP contribution is -2.29. The molecular formula is C20H22ClNO4. The van der Waals surface area contributed by atoms with Gasteiger partial charge in [0.05, 0.1) is 10.7 Å². The van der Waals surface area contributed by atoms with Crippen molar-refractivity contribution in [2.75, 3.05) is 11.9 Å². The number of rotatable bonds is 6. The SMILES string of the molecule is Cc1ccc(OC(C)C(=O)OCC(=O)Nc2c(C)cc(C)cc2Cl)cc1. The standard InChI is InChI=1S/C20H22ClNO4/c1-12-5-7-16(8-6-12)26-15(4)20(24)25-11-18(23)22-19-14(3)9-13(2)10-17(19)21/h5-10,15H,11H2,1-4H3,(H,22,23). The number of ether oxygens (including phenoxy) is 2. The second kappa shape index (κ2) is 8.72. The summed E-state index contributed by atoms with van der Waals surface area (Å²) >= 11 is 6.15. The number of halogens is 1. The van der Waals surface area contributed by atoms with Crippen LogP contribution in [-0.4, -0.2) is 24.6 Å². The van der Waals surface area contributed by atoms with Crippen molar-refractivity contribution in [3.05, 3.63) is 58.1 Å². The van der Waals surface area contributed by atoms with Crippen LogP contribution in [0.5, 0.6) is 5.75 Å². The highest BCUT2D eigenvalue weighted by atomic mass is 35.5. The Morgan fingerprint density at radius 2 is 1.73 bits per heavy atom. The van der Waals surface area contributed by atoms with E-state index in [0.29, 0.717) is 16.5 Å². The van der Waals surface area contributed by atoms with Crippen molar-refractivity contribution in [2.24, 2.45) is 0 Å². The number of hydrogen-bond acceptors (Lipinski definition) is 4. The highest BCUT2D eigenvalue weighted by molar-refractivity contribution is 6.34. The van der Waals surface area contributed by atoms with E-state index in [2.05, 4.69) is 5.32 Å². The Balaban J connectivity index is 1.86. The minimum atomic E-state index is -0.824. The van der Waals surface area contributed by atoms with Gasteiger partial charge in [-0.15, -0.1) is 0 Å². The van der Waals surface area contributed by atoms with Gasteiger partial charge in [-0.2, -0.15) is 0 Å². The third-order valence-corrected chi connectivity index (χ3v) is 4.01. The van der Waals surface area contributed by atoms with Gasteiger partial charge in [-0.3, -0.25) is 4.79 Å².